The predicted molar refractivity (Wildman–Crippen MR) is 82.4 cm³/mol. The summed E-state index contributed by atoms with van der Waals surface area (Å²) < 4.78 is 6.26. The third kappa shape index (κ3) is 4.08. The number of rotatable bonds is 5. The number of methoxy groups -OCH3 is 1. The summed E-state index contributed by atoms with van der Waals surface area (Å²) in [7, 11) is 1.68. The third-order valence-corrected chi connectivity index (χ3v) is 3.67. The highest BCUT2D eigenvalue weighted by Gasteiger charge is 2.04. The molecule has 1 atom stereocenters. The lowest BCUT2D eigenvalue weighted by molar-refractivity contribution is 0.414. The van der Waals surface area contributed by atoms with Crippen LogP contribution in [0.1, 0.15) is 24.1 Å². The molecule has 0 spiro atoms. The molecule has 2 nitrogen and oxygen atoms in total. The zero-order valence-electron chi connectivity index (χ0n) is 11.2. The normalized spacial score (nSPS) is 12.2. The third-order valence-electron chi connectivity index (χ3n) is 3.14. The largest absolute Gasteiger partial charge is 0.497 e. The van der Waals surface area contributed by atoms with Crippen molar-refractivity contribution in [2.45, 2.75) is 19.5 Å². The van der Waals surface area contributed by atoms with Crippen LogP contribution < -0.4 is 10.1 Å². The molecular weight excluding hydrogens is 302 g/mol. The van der Waals surface area contributed by atoms with Crippen molar-refractivity contribution in [3.05, 3.63) is 64.1 Å². The van der Waals surface area contributed by atoms with E-state index in [0.717, 1.165) is 16.8 Å². The van der Waals surface area contributed by atoms with Gasteiger partial charge in [0.15, 0.2) is 0 Å². The van der Waals surface area contributed by atoms with Crippen LogP contribution in [-0.2, 0) is 6.54 Å². The molecule has 100 valence electrons. The van der Waals surface area contributed by atoms with E-state index in [1.165, 1.54) is 11.1 Å². The summed E-state index contributed by atoms with van der Waals surface area (Å²) >= 11 is 3.45. The molecule has 0 bridgehead atoms. The first kappa shape index (κ1) is 14.1. The Kier molecular flexibility index (Phi) is 5.00. The van der Waals surface area contributed by atoms with E-state index in [9.17, 15) is 0 Å². The summed E-state index contributed by atoms with van der Waals surface area (Å²) in [4.78, 5) is 0. The maximum Gasteiger partial charge on any atom is 0.118 e. The van der Waals surface area contributed by atoms with E-state index in [0.29, 0.717) is 6.04 Å². The van der Waals surface area contributed by atoms with Crippen molar-refractivity contribution in [1.82, 2.24) is 5.32 Å². The van der Waals surface area contributed by atoms with E-state index < -0.39 is 0 Å². The van der Waals surface area contributed by atoms with Crippen molar-refractivity contribution in [2.75, 3.05) is 7.11 Å². The molecule has 0 heterocycles. The molecule has 0 fully saturated rings. The van der Waals surface area contributed by atoms with E-state index in [1.807, 2.05) is 12.1 Å². The summed E-state index contributed by atoms with van der Waals surface area (Å²) in [5.41, 5.74) is 2.54. The van der Waals surface area contributed by atoms with Crippen LogP contribution in [-0.4, -0.2) is 7.11 Å². The van der Waals surface area contributed by atoms with Gasteiger partial charge in [-0.25, -0.2) is 0 Å². The number of benzene rings is 2. The van der Waals surface area contributed by atoms with Gasteiger partial charge in [0, 0.05) is 17.1 Å². The van der Waals surface area contributed by atoms with Crippen LogP contribution >= 0.6 is 15.9 Å². The first-order chi connectivity index (χ1) is 9.19. The van der Waals surface area contributed by atoms with Crippen molar-refractivity contribution < 1.29 is 4.74 Å². The molecule has 0 aromatic heterocycles. The Bertz CT molecular complexity index is 507. The standard InChI is InChI=1S/C16H18BrNO/c1-12(14-5-7-15(17)8-6-14)18-11-13-3-9-16(19-2)10-4-13/h3-10,12,18H,11H2,1-2H3/t12-/m1/s1. The van der Waals surface area contributed by atoms with Gasteiger partial charge in [0.25, 0.3) is 0 Å². The van der Waals surface area contributed by atoms with Gasteiger partial charge in [-0.15, -0.1) is 0 Å². The van der Waals surface area contributed by atoms with Crippen LogP contribution in [0.4, 0.5) is 0 Å². The molecule has 2 aromatic carbocycles. The molecular formula is C16H18BrNO. The smallest absolute Gasteiger partial charge is 0.118 e. The van der Waals surface area contributed by atoms with Gasteiger partial charge in [0.1, 0.15) is 5.75 Å². The highest BCUT2D eigenvalue weighted by molar-refractivity contribution is 9.10. The van der Waals surface area contributed by atoms with Crippen LogP contribution in [0.2, 0.25) is 0 Å². The molecule has 0 aliphatic heterocycles. The molecule has 2 aromatic rings. The lowest BCUT2D eigenvalue weighted by Crippen LogP contribution is -2.17. The zero-order chi connectivity index (χ0) is 13.7. The Morgan fingerprint density at radius 1 is 1.05 bits per heavy atom. The first-order valence-corrected chi connectivity index (χ1v) is 7.10. The average molecular weight is 320 g/mol. The minimum Gasteiger partial charge on any atom is -0.497 e. The van der Waals surface area contributed by atoms with Gasteiger partial charge >= 0.3 is 0 Å². The van der Waals surface area contributed by atoms with E-state index >= 15 is 0 Å². The van der Waals surface area contributed by atoms with Crippen LogP contribution in [0.25, 0.3) is 0 Å². The molecule has 0 aliphatic rings. The molecule has 0 saturated heterocycles. The number of hydrogen-bond donors (Lipinski definition) is 1. The second-order valence-corrected chi connectivity index (χ2v) is 5.42. The maximum atomic E-state index is 5.15. The quantitative estimate of drug-likeness (QED) is 0.886. The van der Waals surface area contributed by atoms with Crippen molar-refractivity contribution in [2.24, 2.45) is 0 Å². The van der Waals surface area contributed by atoms with E-state index in [2.05, 4.69) is 64.6 Å². The van der Waals surface area contributed by atoms with Crippen molar-refractivity contribution in [3.8, 4) is 5.75 Å². The van der Waals surface area contributed by atoms with Crippen LogP contribution in [0.15, 0.2) is 53.0 Å². The summed E-state index contributed by atoms with van der Waals surface area (Å²) in [5.74, 6) is 0.893. The first-order valence-electron chi connectivity index (χ1n) is 6.31. The molecule has 0 radical (unpaired) electrons. The lowest BCUT2D eigenvalue weighted by atomic mass is 10.1. The number of nitrogens with one attached hydrogen (secondary N) is 1. The zero-order valence-corrected chi connectivity index (χ0v) is 12.8. The van der Waals surface area contributed by atoms with Gasteiger partial charge in [-0.1, -0.05) is 40.2 Å². The Labute approximate surface area is 122 Å². The highest BCUT2D eigenvalue weighted by Crippen LogP contribution is 2.17. The maximum absolute atomic E-state index is 5.15. The van der Waals surface area contributed by atoms with Crippen LogP contribution in [0, 0.1) is 0 Å². The molecule has 3 heteroatoms. The fourth-order valence-corrected chi connectivity index (χ4v) is 2.15. The van der Waals surface area contributed by atoms with Gasteiger partial charge in [-0.3, -0.25) is 0 Å². The number of halogens is 1. The Morgan fingerprint density at radius 3 is 2.26 bits per heavy atom. The summed E-state index contributed by atoms with van der Waals surface area (Å²) in [5, 5.41) is 3.52. The monoisotopic (exact) mass is 319 g/mol. The van der Waals surface area contributed by atoms with Gasteiger partial charge in [0.2, 0.25) is 0 Å². The molecule has 2 rings (SSSR count). The average Bonchev–Trinajstić information content (AvgIpc) is 2.46. The van der Waals surface area contributed by atoms with Crippen molar-refractivity contribution in [1.29, 1.82) is 0 Å². The minimum absolute atomic E-state index is 0.329. The molecule has 0 aliphatic carbocycles. The summed E-state index contributed by atoms with van der Waals surface area (Å²) in [6.07, 6.45) is 0. The molecule has 0 unspecified atom stereocenters. The second-order valence-electron chi connectivity index (χ2n) is 4.50. The van der Waals surface area contributed by atoms with Gasteiger partial charge in [-0.2, -0.15) is 0 Å². The van der Waals surface area contributed by atoms with E-state index in [4.69, 9.17) is 4.74 Å². The fourth-order valence-electron chi connectivity index (χ4n) is 1.88. The topological polar surface area (TPSA) is 21.3 Å². The van der Waals surface area contributed by atoms with Crippen LogP contribution in [0.3, 0.4) is 0 Å². The van der Waals surface area contributed by atoms with Gasteiger partial charge in [0.05, 0.1) is 7.11 Å². The predicted octanol–water partition coefficient (Wildman–Crippen LogP) is 4.31. The van der Waals surface area contributed by atoms with E-state index in [1.54, 1.807) is 7.11 Å². The number of hydrogen-bond acceptors (Lipinski definition) is 2. The molecule has 0 amide bonds. The Morgan fingerprint density at radius 2 is 1.68 bits per heavy atom. The Balaban J connectivity index is 1.92. The van der Waals surface area contributed by atoms with Gasteiger partial charge in [-0.05, 0) is 42.3 Å². The van der Waals surface area contributed by atoms with Crippen LogP contribution in [0.5, 0.6) is 5.75 Å². The molecule has 19 heavy (non-hydrogen) atoms. The van der Waals surface area contributed by atoms with E-state index in [-0.39, 0.29) is 0 Å². The molecule has 0 saturated carbocycles. The minimum atomic E-state index is 0.329. The second kappa shape index (κ2) is 6.73. The van der Waals surface area contributed by atoms with Crippen molar-refractivity contribution >= 4 is 15.9 Å². The SMILES string of the molecule is COc1ccc(CN[C@H](C)c2ccc(Br)cc2)cc1. The summed E-state index contributed by atoms with van der Waals surface area (Å²) in [6.45, 7) is 3.02. The lowest BCUT2D eigenvalue weighted by Gasteiger charge is -2.14. The van der Waals surface area contributed by atoms with Gasteiger partial charge < -0.3 is 10.1 Å². The fraction of sp³-hybridized carbons (Fsp3) is 0.250. The molecule has 1 N–H and O–H groups in total. The number of ether oxygens (including phenoxy) is 1. The highest BCUT2D eigenvalue weighted by atomic mass is 79.9. The van der Waals surface area contributed by atoms with Crippen molar-refractivity contribution in [3.63, 3.8) is 0 Å². The summed E-state index contributed by atoms with van der Waals surface area (Å²) in [6, 6.07) is 16.9. The Hall–Kier alpha value is -1.32.